The number of nitrogens with zero attached hydrogens (tertiary/aromatic N) is 5. The summed E-state index contributed by atoms with van der Waals surface area (Å²) in [5, 5.41) is 0.675. The first-order valence-corrected chi connectivity index (χ1v) is 12.9. The van der Waals surface area contributed by atoms with Crippen LogP contribution in [0.3, 0.4) is 0 Å². The summed E-state index contributed by atoms with van der Waals surface area (Å²) < 4.78 is 6.26. The number of hydrogen-bond acceptors (Lipinski definition) is 6. The van der Waals surface area contributed by atoms with Gasteiger partial charge in [0.05, 0.1) is 16.9 Å². The predicted octanol–water partition coefficient (Wildman–Crippen LogP) is 6.29. The molecule has 5 rings (SSSR count). The van der Waals surface area contributed by atoms with Crippen LogP contribution >= 0.6 is 11.6 Å². The van der Waals surface area contributed by atoms with E-state index in [1.165, 1.54) is 0 Å². The Hall–Kier alpha value is -3.45. The first kappa shape index (κ1) is 25.2. The first-order valence-electron chi connectivity index (χ1n) is 12.5. The molecule has 4 heterocycles. The number of amides is 1. The Balaban J connectivity index is 1.49. The zero-order chi connectivity index (χ0) is 26.5. The van der Waals surface area contributed by atoms with Crippen LogP contribution in [-0.2, 0) is 5.41 Å². The summed E-state index contributed by atoms with van der Waals surface area (Å²) in [7, 11) is 0. The van der Waals surface area contributed by atoms with Gasteiger partial charge in [-0.1, -0.05) is 44.5 Å². The maximum absolute atomic E-state index is 13.8. The summed E-state index contributed by atoms with van der Waals surface area (Å²) in [4.78, 5) is 31.6. The first-order chi connectivity index (χ1) is 17.4. The van der Waals surface area contributed by atoms with E-state index in [2.05, 4.69) is 55.6 Å². The van der Waals surface area contributed by atoms with Crippen molar-refractivity contribution in [3.63, 3.8) is 0 Å². The van der Waals surface area contributed by atoms with E-state index in [0.717, 1.165) is 28.3 Å². The number of carbonyl (C=O) groups is 1. The Labute approximate surface area is 222 Å². The molecule has 0 saturated carbocycles. The van der Waals surface area contributed by atoms with Gasteiger partial charge in [0.2, 0.25) is 0 Å². The fourth-order valence-corrected chi connectivity index (χ4v) is 5.13. The van der Waals surface area contributed by atoms with Crippen LogP contribution in [-0.4, -0.2) is 50.9 Å². The number of benzene rings is 1. The highest BCUT2D eigenvalue weighted by Gasteiger charge is 2.39. The summed E-state index contributed by atoms with van der Waals surface area (Å²) in [6.45, 7) is 14.4. The molecular weight excluding hydrogens is 486 g/mol. The van der Waals surface area contributed by atoms with E-state index >= 15 is 0 Å². The lowest BCUT2D eigenvalue weighted by atomic mass is 9.86. The quantitative estimate of drug-likeness (QED) is 0.318. The number of aryl methyl sites for hydroxylation is 1. The number of piperazine rings is 1. The molecule has 0 aliphatic carbocycles. The molecule has 1 aliphatic heterocycles. The van der Waals surface area contributed by atoms with Gasteiger partial charge in [0.15, 0.2) is 11.3 Å². The fraction of sp³-hybridized carbons (Fsp3) is 0.379. The Morgan fingerprint density at radius 2 is 1.76 bits per heavy atom. The number of aromatic nitrogens is 3. The van der Waals surface area contributed by atoms with Crippen LogP contribution in [0.1, 0.15) is 56.4 Å². The van der Waals surface area contributed by atoms with E-state index < -0.39 is 5.54 Å². The molecule has 192 valence electrons. The van der Waals surface area contributed by atoms with Crippen molar-refractivity contribution in [3.8, 4) is 11.3 Å². The second-order valence-corrected chi connectivity index (χ2v) is 11.7. The molecule has 1 aliphatic rings. The van der Waals surface area contributed by atoms with Crippen molar-refractivity contribution in [1.82, 2.24) is 19.9 Å². The molecule has 1 saturated heterocycles. The maximum Gasteiger partial charge on any atom is 0.290 e. The van der Waals surface area contributed by atoms with Gasteiger partial charge >= 0.3 is 0 Å². The average Bonchev–Trinajstić information content (AvgIpc) is 3.27. The van der Waals surface area contributed by atoms with E-state index in [-0.39, 0.29) is 11.3 Å². The molecule has 1 aromatic carbocycles. The Bertz CT molecular complexity index is 1470. The van der Waals surface area contributed by atoms with Crippen molar-refractivity contribution in [2.24, 2.45) is 0 Å². The minimum Gasteiger partial charge on any atom is -0.449 e. The van der Waals surface area contributed by atoms with Gasteiger partial charge in [-0.15, -0.1) is 0 Å². The fourth-order valence-electron chi connectivity index (χ4n) is 5.01. The summed E-state index contributed by atoms with van der Waals surface area (Å²) in [6, 6.07) is 11.4. The number of fused-ring (bicyclic) bond motifs is 1. The third-order valence-electron chi connectivity index (χ3n) is 6.94. The van der Waals surface area contributed by atoms with Gasteiger partial charge in [-0.3, -0.25) is 9.78 Å². The molecular formula is C29H32ClN5O2. The second-order valence-electron chi connectivity index (χ2n) is 11.3. The molecule has 8 heteroatoms. The number of rotatable bonds is 3. The molecule has 0 radical (unpaired) electrons. The third kappa shape index (κ3) is 4.80. The SMILES string of the molecule is Cc1nccnc1N1CCN(C(=O)c2cc3nc(-c4ccc(Cl)cc4)cc(C(C)(C)C)c3o2)C(C)(C)C1. The van der Waals surface area contributed by atoms with Crippen LogP contribution in [0.2, 0.25) is 5.02 Å². The van der Waals surface area contributed by atoms with Crippen LogP contribution in [0.4, 0.5) is 5.82 Å². The highest BCUT2D eigenvalue weighted by Crippen LogP contribution is 2.36. The summed E-state index contributed by atoms with van der Waals surface area (Å²) >= 11 is 6.10. The molecule has 0 atom stereocenters. The summed E-state index contributed by atoms with van der Waals surface area (Å²) in [6.07, 6.45) is 3.41. The lowest BCUT2D eigenvalue weighted by Crippen LogP contribution is -2.61. The number of halogens is 1. The van der Waals surface area contributed by atoms with Crippen LogP contribution in [0, 0.1) is 6.92 Å². The topological polar surface area (TPSA) is 75.4 Å². The highest BCUT2D eigenvalue weighted by molar-refractivity contribution is 6.30. The molecule has 1 amide bonds. The van der Waals surface area contributed by atoms with E-state index in [1.807, 2.05) is 36.1 Å². The van der Waals surface area contributed by atoms with Crippen molar-refractivity contribution < 1.29 is 9.21 Å². The normalized spacial score (nSPS) is 15.9. The van der Waals surface area contributed by atoms with Crippen molar-refractivity contribution in [2.45, 2.75) is 52.5 Å². The number of carbonyl (C=O) groups excluding carboxylic acids is 1. The molecule has 1 fully saturated rings. The molecule has 0 unspecified atom stereocenters. The van der Waals surface area contributed by atoms with Crippen molar-refractivity contribution >= 4 is 34.4 Å². The van der Waals surface area contributed by atoms with Gasteiger partial charge < -0.3 is 14.2 Å². The summed E-state index contributed by atoms with van der Waals surface area (Å²) in [5.41, 5.74) is 4.35. The minimum atomic E-state index is -0.437. The second kappa shape index (κ2) is 9.14. The predicted molar refractivity (Wildman–Crippen MR) is 147 cm³/mol. The van der Waals surface area contributed by atoms with Crippen molar-refractivity contribution in [1.29, 1.82) is 0 Å². The van der Waals surface area contributed by atoms with Gasteiger partial charge in [-0.2, -0.15) is 0 Å². The van der Waals surface area contributed by atoms with Crippen molar-refractivity contribution in [3.05, 3.63) is 70.8 Å². The molecule has 37 heavy (non-hydrogen) atoms. The van der Waals surface area contributed by atoms with E-state index in [9.17, 15) is 4.79 Å². The largest absolute Gasteiger partial charge is 0.449 e. The lowest BCUT2D eigenvalue weighted by molar-refractivity contribution is 0.0483. The van der Waals surface area contributed by atoms with E-state index in [1.54, 1.807) is 18.5 Å². The number of anilines is 1. The number of pyridine rings is 1. The molecule has 0 N–H and O–H groups in total. The number of hydrogen-bond donors (Lipinski definition) is 0. The standard InChI is InChI=1S/C29H32ClN5O2/c1-18-26(32-12-11-31-18)34-13-14-35(29(5,6)17-34)27(36)24-16-23-25(37-24)21(28(2,3)4)15-22(33-23)19-7-9-20(30)10-8-19/h7-12,15-16H,13-14,17H2,1-6H3. The number of furan rings is 1. The minimum absolute atomic E-state index is 0.133. The molecule has 0 bridgehead atoms. The van der Waals surface area contributed by atoms with Crippen LogP contribution in [0.5, 0.6) is 0 Å². The van der Waals surface area contributed by atoms with Gasteiger partial charge in [0.25, 0.3) is 5.91 Å². The molecule has 0 spiro atoms. The van der Waals surface area contributed by atoms with E-state index in [0.29, 0.717) is 41.5 Å². The van der Waals surface area contributed by atoms with Crippen LogP contribution < -0.4 is 4.90 Å². The molecule has 4 aromatic rings. The monoisotopic (exact) mass is 517 g/mol. The highest BCUT2D eigenvalue weighted by atomic mass is 35.5. The smallest absolute Gasteiger partial charge is 0.290 e. The average molecular weight is 518 g/mol. The molecule has 7 nitrogen and oxygen atoms in total. The zero-order valence-corrected chi connectivity index (χ0v) is 22.9. The Morgan fingerprint density at radius 1 is 1.05 bits per heavy atom. The van der Waals surface area contributed by atoms with Gasteiger partial charge in [0.1, 0.15) is 11.3 Å². The maximum atomic E-state index is 13.8. The van der Waals surface area contributed by atoms with Gasteiger partial charge in [0, 0.05) is 54.2 Å². The summed E-state index contributed by atoms with van der Waals surface area (Å²) in [5.74, 6) is 1.03. The zero-order valence-electron chi connectivity index (χ0n) is 22.2. The van der Waals surface area contributed by atoms with Crippen LogP contribution in [0.25, 0.3) is 22.4 Å². The van der Waals surface area contributed by atoms with Gasteiger partial charge in [-0.05, 0) is 44.4 Å². The van der Waals surface area contributed by atoms with Gasteiger partial charge in [-0.25, -0.2) is 9.97 Å². The third-order valence-corrected chi connectivity index (χ3v) is 7.19. The van der Waals surface area contributed by atoms with Crippen LogP contribution in [0.15, 0.2) is 53.2 Å². The molecule has 3 aromatic heterocycles. The lowest BCUT2D eigenvalue weighted by Gasteiger charge is -2.47. The van der Waals surface area contributed by atoms with E-state index in [4.69, 9.17) is 21.0 Å². The van der Waals surface area contributed by atoms with Crippen molar-refractivity contribution in [2.75, 3.05) is 24.5 Å². The Morgan fingerprint density at radius 3 is 2.41 bits per heavy atom. The Kier molecular flexibility index (Phi) is 6.23.